The van der Waals surface area contributed by atoms with Gasteiger partial charge in [-0.15, -0.1) is 0 Å². The molecule has 1 aliphatic rings. The molecule has 0 heterocycles. The lowest BCUT2D eigenvalue weighted by atomic mass is 9.53. The Balaban J connectivity index is 2.25. The zero-order valence-electron chi connectivity index (χ0n) is 21.5. The van der Waals surface area contributed by atoms with Crippen molar-refractivity contribution in [3.05, 3.63) is 69.7 Å². The molecule has 1 amide bonds. The van der Waals surface area contributed by atoms with Crippen LogP contribution in [0.5, 0.6) is 0 Å². The summed E-state index contributed by atoms with van der Waals surface area (Å²) in [6.45, 7) is 9.33. The first-order valence-corrected chi connectivity index (χ1v) is 13.1. The Morgan fingerprint density at radius 3 is 2.25 bits per heavy atom. The SMILES string of the molecule is CC[C@@H](C(=O)NC(C)(C)C)C1C(=O)[C@@](C)(CC(=O)O)C[C@H](c2cccc(Cl)c2)[C@H]1c1ccc(Cl)cc1. The minimum Gasteiger partial charge on any atom is -0.481 e. The number of rotatable bonds is 7. The summed E-state index contributed by atoms with van der Waals surface area (Å²) in [5.41, 5.74) is 0.195. The van der Waals surface area contributed by atoms with Crippen LogP contribution in [0.2, 0.25) is 10.0 Å². The van der Waals surface area contributed by atoms with Crippen LogP contribution in [0.25, 0.3) is 0 Å². The van der Waals surface area contributed by atoms with Crippen LogP contribution in [-0.4, -0.2) is 28.3 Å². The number of benzene rings is 2. The van der Waals surface area contributed by atoms with Gasteiger partial charge in [0.05, 0.1) is 6.42 Å². The largest absolute Gasteiger partial charge is 0.481 e. The summed E-state index contributed by atoms with van der Waals surface area (Å²) in [4.78, 5) is 39.7. The Morgan fingerprint density at radius 1 is 1.08 bits per heavy atom. The van der Waals surface area contributed by atoms with Crippen LogP contribution < -0.4 is 5.32 Å². The third kappa shape index (κ3) is 6.30. The van der Waals surface area contributed by atoms with Crippen molar-refractivity contribution in [1.29, 1.82) is 0 Å². The molecule has 0 spiro atoms. The van der Waals surface area contributed by atoms with E-state index in [1.54, 1.807) is 25.1 Å². The van der Waals surface area contributed by atoms with Crippen LogP contribution in [-0.2, 0) is 14.4 Å². The van der Waals surface area contributed by atoms with Crippen LogP contribution in [0.1, 0.15) is 76.8 Å². The normalized spacial score (nSPS) is 25.3. The van der Waals surface area contributed by atoms with Gasteiger partial charge >= 0.3 is 5.97 Å². The highest BCUT2D eigenvalue weighted by Crippen LogP contribution is 2.56. The van der Waals surface area contributed by atoms with Gasteiger partial charge in [0.2, 0.25) is 5.91 Å². The quantitative estimate of drug-likeness (QED) is 0.408. The molecule has 36 heavy (non-hydrogen) atoms. The number of aliphatic carboxylic acids is 1. The molecular weight excluding hydrogens is 497 g/mol. The summed E-state index contributed by atoms with van der Waals surface area (Å²) in [6, 6.07) is 14.9. The van der Waals surface area contributed by atoms with E-state index in [2.05, 4.69) is 5.32 Å². The summed E-state index contributed by atoms with van der Waals surface area (Å²) in [5.74, 6) is -3.36. The molecule has 1 fully saturated rings. The van der Waals surface area contributed by atoms with E-state index < -0.39 is 28.8 Å². The minimum atomic E-state index is -1.14. The van der Waals surface area contributed by atoms with Gasteiger partial charge in [-0.1, -0.05) is 61.3 Å². The van der Waals surface area contributed by atoms with Crippen LogP contribution in [0.4, 0.5) is 0 Å². The van der Waals surface area contributed by atoms with Crippen molar-refractivity contribution in [3.63, 3.8) is 0 Å². The molecule has 3 rings (SSSR count). The average molecular weight is 533 g/mol. The van der Waals surface area contributed by atoms with Crippen molar-refractivity contribution in [2.45, 2.75) is 71.3 Å². The molecule has 2 aromatic rings. The molecule has 1 unspecified atom stereocenters. The number of carboxylic acid groups (broad SMARTS) is 1. The Bertz CT molecular complexity index is 1120. The second-order valence-corrected chi connectivity index (χ2v) is 12.1. The molecule has 2 aromatic carbocycles. The first-order valence-electron chi connectivity index (χ1n) is 12.3. The number of hydrogen-bond donors (Lipinski definition) is 2. The summed E-state index contributed by atoms with van der Waals surface area (Å²) in [6.07, 6.45) is 0.470. The van der Waals surface area contributed by atoms with E-state index in [1.165, 1.54) is 0 Å². The summed E-state index contributed by atoms with van der Waals surface area (Å²) < 4.78 is 0. The van der Waals surface area contributed by atoms with Crippen molar-refractivity contribution < 1.29 is 19.5 Å². The van der Waals surface area contributed by atoms with Crippen LogP contribution >= 0.6 is 23.2 Å². The maximum atomic E-state index is 14.3. The molecular formula is C29H35Cl2NO4. The van der Waals surface area contributed by atoms with Gasteiger partial charge in [-0.25, -0.2) is 0 Å². The average Bonchev–Trinajstić information content (AvgIpc) is 2.76. The smallest absolute Gasteiger partial charge is 0.304 e. The zero-order valence-corrected chi connectivity index (χ0v) is 23.0. The van der Waals surface area contributed by atoms with Crippen LogP contribution in [0, 0.1) is 17.3 Å². The monoisotopic (exact) mass is 531 g/mol. The maximum Gasteiger partial charge on any atom is 0.304 e. The van der Waals surface area contributed by atoms with Crippen molar-refractivity contribution in [2.75, 3.05) is 0 Å². The second-order valence-electron chi connectivity index (χ2n) is 11.2. The van der Waals surface area contributed by atoms with Gasteiger partial charge in [-0.2, -0.15) is 0 Å². The van der Waals surface area contributed by atoms with Crippen molar-refractivity contribution >= 4 is 40.9 Å². The van der Waals surface area contributed by atoms with Crippen LogP contribution in [0.3, 0.4) is 0 Å². The van der Waals surface area contributed by atoms with Gasteiger partial charge in [0.1, 0.15) is 5.78 Å². The van der Waals surface area contributed by atoms with E-state index in [0.29, 0.717) is 22.9 Å². The summed E-state index contributed by atoms with van der Waals surface area (Å²) in [7, 11) is 0. The zero-order chi connectivity index (χ0) is 26.8. The molecule has 2 N–H and O–H groups in total. The number of Topliss-reactive ketones (excluding diaryl/α,β-unsaturated/α-hetero) is 1. The number of amides is 1. The van der Waals surface area contributed by atoms with Crippen LogP contribution in [0.15, 0.2) is 48.5 Å². The van der Waals surface area contributed by atoms with Gasteiger partial charge in [-0.3, -0.25) is 14.4 Å². The van der Waals surface area contributed by atoms with Gasteiger partial charge in [0, 0.05) is 38.8 Å². The predicted molar refractivity (Wildman–Crippen MR) is 144 cm³/mol. The van der Waals surface area contributed by atoms with Gasteiger partial charge in [-0.05, 0) is 74.9 Å². The number of carbonyl (C=O) groups excluding carboxylic acids is 2. The van der Waals surface area contributed by atoms with Crippen molar-refractivity contribution in [3.8, 4) is 0 Å². The van der Waals surface area contributed by atoms with E-state index in [1.807, 2.05) is 58.0 Å². The van der Waals surface area contributed by atoms with E-state index >= 15 is 0 Å². The Hall–Kier alpha value is -2.37. The predicted octanol–water partition coefficient (Wildman–Crippen LogP) is 6.87. The lowest BCUT2D eigenvalue weighted by Crippen LogP contribution is -2.53. The highest BCUT2D eigenvalue weighted by molar-refractivity contribution is 6.30. The molecule has 7 heteroatoms. The fourth-order valence-corrected chi connectivity index (χ4v) is 6.03. The second kappa shape index (κ2) is 10.9. The molecule has 1 aliphatic carbocycles. The topological polar surface area (TPSA) is 83.5 Å². The molecule has 0 aromatic heterocycles. The minimum absolute atomic E-state index is 0.181. The van der Waals surface area contributed by atoms with Crippen molar-refractivity contribution in [1.82, 2.24) is 5.32 Å². The lowest BCUT2D eigenvalue weighted by molar-refractivity contribution is -0.151. The number of ketones is 1. The van der Waals surface area contributed by atoms with E-state index in [9.17, 15) is 19.5 Å². The highest BCUT2D eigenvalue weighted by atomic mass is 35.5. The first kappa shape index (κ1) is 28.2. The molecule has 194 valence electrons. The van der Waals surface area contributed by atoms with Gasteiger partial charge in [0.15, 0.2) is 0 Å². The molecule has 1 saturated carbocycles. The van der Waals surface area contributed by atoms with Gasteiger partial charge < -0.3 is 10.4 Å². The maximum absolute atomic E-state index is 14.3. The number of nitrogens with one attached hydrogen (secondary N) is 1. The summed E-state index contributed by atoms with van der Waals surface area (Å²) >= 11 is 12.6. The fourth-order valence-electron chi connectivity index (χ4n) is 5.71. The van der Waals surface area contributed by atoms with E-state index in [0.717, 1.165) is 11.1 Å². The fraction of sp³-hybridized carbons (Fsp3) is 0.483. The first-order chi connectivity index (χ1) is 16.8. The standard InChI is InChI=1S/C29H35Cl2NO4/c1-6-21(27(36)32-28(2,3)4)25-24(17-10-12-19(30)13-11-17)22(18-8-7-9-20(31)14-18)15-29(5,26(25)35)16-23(33)34/h7-14,21-22,24-25H,6,15-16H2,1-5H3,(H,32,36)(H,33,34)/t21-,22-,24-,25?,29-/m1/s1. The third-order valence-corrected chi connectivity index (χ3v) is 7.66. The van der Waals surface area contributed by atoms with Gasteiger partial charge in [0.25, 0.3) is 0 Å². The third-order valence-electron chi connectivity index (χ3n) is 7.17. The number of halogens is 2. The molecule has 0 bridgehead atoms. The molecule has 0 aliphatic heterocycles. The Labute approximate surface area is 223 Å². The highest BCUT2D eigenvalue weighted by Gasteiger charge is 2.55. The van der Waals surface area contributed by atoms with Crippen molar-refractivity contribution in [2.24, 2.45) is 17.3 Å². The Morgan fingerprint density at radius 2 is 1.72 bits per heavy atom. The molecule has 0 saturated heterocycles. The lowest BCUT2D eigenvalue weighted by Gasteiger charge is -2.48. The Kier molecular flexibility index (Phi) is 8.57. The number of carboxylic acids is 1. The van der Waals surface area contributed by atoms with E-state index in [-0.39, 0.29) is 29.9 Å². The molecule has 5 nitrogen and oxygen atoms in total. The summed E-state index contributed by atoms with van der Waals surface area (Å²) in [5, 5.41) is 13.9. The molecule has 0 radical (unpaired) electrons. The molecule has 5 atom stereocenters. The number of carbonyl (C=O) groups is 3. The van der Waals surface area contributed by atoms with E-state index in [4.69, 9.17) is 23.2 Å². The number of hydrogen-bond acceptors (Lipinski definition) is 3.